The SMILES string of the molecule is CN(C)c1[nH]cnc(=S)c1C=O. The minimum Gasteiger partial charge on any atom is -0.364 e. The van der Waals surface area contributed by atoms with Gasteiger partial charge in [-0.25, -0.2) is 4.98 Å². The molecule has 0 aliphatic carbocycles. The molecule has 5 heteroatoms. The Kier molecular flexibility index (Phi) is 2.54. The quantitative estimate of drug-likeness (QED) is 0.549. The molecule has 12 heavy (non-hydrogen) atoms. The van der Waals surface area contributed by atoms with Gasteiger partial charge in [-0.05, 0) is 0 Å². The van der Waals surface area contributed by atoms with Crippen LogP contribution in [0.3, 0.4) is 0 Å². The van der Waals surface area contributed by atoms with E-state index in [0.717, 1.165) is 0 Å². The smallest absolute Gasteiger partial charge is 0.156 e. The molecule has 0 bridgehead atoms. The number of rotatable bonds is 2. The van der Waals surface area contributed by atoms with Gasteiger partial charge in [0, 0.05) is 14.1 Å². The van der Waals surface area contributed by atoms with Gasteiger partial charge in [0.1, 0.15) is 10.5 Å². The maximum absolute atomic E-state index is 10.6. The minimum absolute atomic E-state index is 0.326. The molecule has 0 radical (unpaired) electrons. The van der Waals surface area contributed by atoms with E-state index in [-0.39, 0.29) is 0 Å². The average Bonchev–Trinajstić information content (AvgIpc) is 2.03. The maximum atomic E-state index is 10.6. The van der Waals surface area contributed by atoms with Gasteiger partial charge in [-0.3, -0.25) is 4.79 Å². The number of aldehydes is 1. The zero-order valence-corrected chi connectivity index (χ0v) is 7.68. The molecule has 0 aliphatic heterocycles. The van der Waals surface area contributed by atoms with Crippen LogP contribution in [-0.2, 0) is 0 Å². The standard InChI is InChI=1S/C7H9N3OS/c1-10(2)6-5(3-11)7(12)9-4-8-6/h3-4H,1-2H3,(H,8,9,12). The Morgan fingerprint density at radius 2 is 2.33 bits per heavy atom. The summed E-state index contributed by atoms with van der Waals surface area (Å²) in [7, 11) is 3.65. The Morgan fingerprint density at radius 1 is 1.67 bits per heavy atom. The summed E-state index contributed by atoms with van der Waals surface area (Å²) < 4.78 is 0.326. The Labute approximate surface area is 75.2 Å². The first-order valence-electron chi connectivity index (χ1n) is 3.37. The van der Waals surface area contributed by atoms with E-state index in [1.165, 1.54) is 6.33 Å². The van der Waals surface area contributed by atoms with Gasteiger partial charge in [-0.15, -0.1) is 0 Å². The van der Waals surface area contributed by atoms with Gasteiger partial charge in [0.2, 0.25) is 0 Å². The predicted octanol–water partition coefficient (Wildman–Crippen LogP) is 1.02. The number of nitrogens with one attached hydrogen (secondary N) is 1. The lowest BCUT2D eigenvalue weighted by Crippen LogP contribution is -2.13. The second kappa shape index (κ2) is 3.44. The number of aromatic nitrogens is 2. The topological polar surface area (TPSA) is 49.0 Å². The summed E-state index contributed by atoms with van der Waals surface area (Å²) in [6.45, 7) is 0. The normalized spacial score (nSPS) is 9.50. The van der Waals surface area contributed by atoms with Crippen molar-refractivity contribution in [1.82, 2.24) is 9.97 Å². The molecule has 0 fully saturated rings. The highest BCUT2D eigenvalue weighted by molar-refractivity contribution is 7.71. The number of aromatic amines is 1. The second-order valence-electron chi connectivity index (χ2n) is 2.48. The molecule has 1 N–H and O–H groups in total. The van der Waals surface area contributed by atoms with Gasteiger partial charge in [0.25, 0.3) is 0 Å². The van der Waals surface area contributed by atoms with E-state index in [1.54, 1.807) is 4.90 Å². The fourth-order valence-electron chi connectivity index (χ4n) is 0.877. The van der Waals surface area contributed by atoms with Crippen LogP contribution in [0.2, 0.25) is 0 Å². The molecule has 0 aromatic carbocycles. The van der Waals surface area contributed by atoms with Gasteiger partial charge < -0.3 is 9.88 Å². The summed E-state index contributed by atoms with van der Waals surface area (Å²) in [4.78, 5) is 19.0. The first-order chi connectivity index (χ1) is 5.66. The molecule has 0 atom stereocenters. The summed E-state index contributed by atoms with van der Waals surface area (Å²) in [5.41, 5.74) is 0.428. The van der Waals surface area contributed by atoms with Crippen molar-refractivity contribution in [1.29, 1.82) is 0 Å². The monoisotopic (exact) mass is 183 g/mol. The van der Waals surface area contributed by atoms with Crippen LogP contribution in [-0.4, -0.2) is 30.3 Å². The molecule has 0 saturated heterocycles. The largest absolute Gasteiger partial charge is 0.364 e. The first kappa shape index (κ1) is 8.86. The molecule has 0 spiro atoms. The minimum atomic E-state index is 0.326. The molecule has 1 aromatic rings. The van der Waals surface area contributed by atoms with E-state index in [9.17, 15) is 4.79 Å². The van der Waals surface area contributed by atoms with Gasteiger partial charge >= 0.3 is 0 Å². The highest BCUT2D eigenvalue weighted by Gasteiger charge is 2.05. The van der Waals surface area contributed by atoms with Crippen LogP contribution >= 0.6 is 12.2 Å². The van der Waals surface area contributed by atoms with Crippen LogP contribution in [0, 0.1) is 4.64 Å². The molecular weight excluding hydrogens is 174 g/mol. The van der Waals surface area contributed by atoms with E-state index >= 15 is 0 Å². The van der Waals surface area contributed by atoms with Crippen LogP contribution in [0.1, 0.15) is 10.4 Å². The van der Waals surface area contributed by atoms with Crippen molar-refractivity contribution < 1.29 is 4.79 Å². The third-order valence-electron chi connectivity index (χ3n) is 1.43. The van der Waals surface area contributed by atoms with Gasteiger partial charge in [0.05, 0.1) is 11.9 Å². The number of H-pyrrole nitrogens is 1. The zero-order valence-electron chi connectivity index (χ0n) is 6.87. The highest BCUT2D eigenvalue weighted by Crippen LogP contribution is 2.11. The number of nitrogens with zero attached hydrogens (tertiary/aromatic N) is 2. The predicted molar refractivity (Wildman–Crippen MR) is 49.1 cm³/mol. The van der Waals surface area contributed by atoms with Crippen molar-refractivity contribution in [2.75, 3.05) is 19.0 Å². The van der Waals surface area contributed by atoms with Crippen molar-refractivity contribution in [3.63, 3.8) is 0 Å². The van der Waals surface area contributed by atoms with E-state index < -0.39 is 0 Å². The molecule has 1 rings (SSSR count). The summed E-state index contributed by atoms with van der Waals surface area (Å²) in [5, 5.41) is 0. The van der Waals surface area contributed by atoms with Crippen molar-refractivity contribution in [3.05, 3.63) is 16.5 Å². The Bertz CT molecular complexity index is 345. The molecule has 4 nitrogen and oxygen atoms in total. The van der Waals surface area contributed by atoms with E-state index in [4.69, 9.17) is 12.2 Å². The molecule has 0 unspecified atom stereocenters. The second-order valence-corrected chi connectivity index (χ2v) is 2.87. The van der Waals surface area contributed by atoms with E-state index in [1.807, 2.05) is 14.1 Å². The van der Waals surface area contributed by atoms with Crippen molar-refractivity contribution in [3.8, 4) is 0 Å². The number of anilines is 1. The van der Waals surface area contributed by atoms with Gasteiger partial charge in [-0.1, -0.05) is 12.2 Å². The third-order valence-corrected chi connectivity index (χ3v) is 1.76. The third kappa shape index (κ3) is 1.50. The van der Waals surface area contributed by atoms with Crippen LogP contribution in [0.15, 0.2) is 6.33 Å². The fourth-order valence-corrected chi connectivity index (χ4v) is 1.07. The lowest BCUT2D eigenvalue weighted by molar-refractivity contribution is 0.112. The Hall–Kier alpha value is -1.23. The molecule has 64 valence electrons. The van der Waals surface area contributed by atoms with Crippen molar-refractivity contribution in [2.45, 2.75) is 0 Å². The molecule has 1 heterocycles. The summed E-state index contributed by atoms with van der Waals surface area (Å²) in [5.74, 6) is 0.685. The summed E-state index contributed by atoms with van der Waals surface area (Å²) in [6.07, 6.45) is 2.19. The summed E-state index contributed by atoms with van der Waals surface area (Å²) in [6, 6.07) is 0. The van der Waals surface area contributed by atoms with E-state index in [0.29, 0.717) is 22.3 Å². The number of hydrogen-bond acceptors (Lipinski definition) is 4. The first-order valence-corrected chi connectivity index (χ1v) is 3.78. The van der Waals surface area contributed by atoms with Crippen LogP contribution in [0.4, 0.5) is 5.82 Å². The molecule has 0 aliphatic rings. The zero-order chi connectivity index (χ0) is 9.14. The lowest BCUT2D eigenvalue weighted by atomic mass is 10.3. The number of carbonyl (C=O) groups is 1. The van der Waals surface area contributed by atoms with Crippen LogP contribution < -0.4 is 4.90 Å². The Morgan fingerprint density at radius 3 is 2.75 bits per heavy atom. The molecule has 0 amide bonds. The molecular formula is C7H9N3OS. The molecule has 1 aromatic heterocycles. The molecule has 0 saturated carbocycles. The van der Waals surface area contributed by atoms with Crippen LogP contribution in [0.25, 0.3) is 0 Å². The summed E-state index contributed by atoms with van der Waals surface area (Å²) >= 11 is 4.87. The number of carbonyl (C=O) groups excluding carboxylic acids is 1. The van der Waals surface area contributed by atoms with Crippen LogP contribution in [0.5, 0.6) is 0 Å². The van der Waals surface area contributed by atoms with E-state index in [2.05, 4.69) is 9.97 Å². The average molecular weight is 183 g/mol. The van der Waals surface area contributed by atoms with Gasteiger partial charge in [-0.2, -0.15) is 0 Å². The van der Waals surface area contributed by atoms with Crippen molar-refractivity contribution >= 4 is 24.3 Å². The van der Waals surface area contributed by atoms with Gasteiger partial charge in [0.15, 0.2) is 6.29 Å². The lowest BCUT2D eigenvalue weighted by Gasteiger charge is -2.13. The fraction of sp³-hybridized carbons (Fsp3) is 0.286. The number of hydrogen-bond donors (Lipinski definition) is 1. The highest BCUT2D eigenvalue weighted by atomic mass is 32.1. The van der Waals surface area contributed by atoms with Crippen molar-refractivity contribution in [2.24, 2.45) is 0 Å². The Balaban J connectivity index is 3.37. The maximum Gasteiger partial charge on any atom is 0.156 e.